The fraction of sp³-hybridized carbons (Fsp3) is 0.548. The molecule has 0 aliphatic carbocycles. The number of phosphoric acid groups is 1. The Hall–Kier alpha value is -3.60. The second-order valence-electron chi connectivity index (χ2n) is 12.4. The average molecular weight is 776 g/mol. The highest BCUT2D eigenvalue weighted by Crippen LogP contribution is 2.43. The quantitative estimate of drug-likeness (QED) is 0.0187. The highest BCUT2D eigenvalue weighted by atomic mass is 31.2. The molecule has 12 heteroatoms. The van der Waals surface area contributed by atoms with Crippen LogP contribution < -0.4 is 5.73 Å². The monoisotopic (exact) mass is 775 g/mol. The summed E-state index contributed by atoms with van der Waals surface area (Å²) in [5.41, 5.74) is 5.31. The van der Waals surface area contributed by atoms with Crippen molar-refractivity contribution in [3.05, 3.63) is 97.2 Å². The van der Waals surface area contributed by atoms with Gasteiger partial charge in [-0.25, -0.2) is 4.57 Å². The molecule has 0 saturated carbocycles. The van der Waals surface area contributed by atoms with E-state index in [1.807, 2.05) is 36.5 Å². The number of ether oxygens (including phenoxy) is 2. The van der Waals surface area contributed by atoms with Crippen LogP contribution in [0.3, 0.4) is 0 Å². The van der Waals surface area contributed by atoms with Gasteiger partial charge in [0.05, 0.1) is 13.2 Å². The SMILES string of the molecule is CC/C=C/C=C/C=C/C=C/CCCCCCCC(=O)O[C@H](COC(=O)CCCC/C=C/C/C=C/C/C=C/C/C=C/CC)COP(=O)(O)OC[C@H](N)C(=O)O. The summed E-state index contributed by atoms with van der Waals surface area (Å²) < 4.78 is 32.5. The predicted molar refractivity (Wildman–Crippen MR) is 217 cm³/mol. The molecule has 4 N–H and O–H groups in total. The van der Waals surface area contributed by atoms with Gasteiger partial charge in [-0.05, 0) is 70.6 Å². The molecule has 0 aliphatic rings. The minimum atomic E-state index is -4.74. The highest BCUT2D eigenvalue weighted by molar-refractivity contribution is 7.47. The van der Waals surface area contributed by atoms with Gasteiger partial charge < -0.3 is 25.2 Å². The van der Waals surface area contributed by atoms with Crippen molar-refractivity contribution < 1.29 is 47.5 Å². The lowest BCUT2D eigenvalue weighted by atomic mass is 10.1. The molecule has 0 bridgehead atoms. The predicted octanol–water partition coefficient (Wildman–Crippen LogP) is 9.72. The van der Waals surface area contributed by atoms with Crippen LogP contribution in [0.15, 0.2) is 97.2 Å². The molecule has 0 radical (unpaired) electrons. The van der Waals surface area contributed by atoms with Crippen LogP contribution in [0.4, 0.5) is 0 Å². The molecular weight excluding hydrogens is 709 g/mol. The highest BCUT2D eigenvalue weighted by Gasteiger charge is 2.28. The second kappa shape index (κ2) is 36.4. The number of nitrogens with two attached hydrogens (primary N) is 1. The van der Waals surface area contributed by atoms with Gasteiger partial charge in [0, 0.05) is 12.8 Å². The Morgan fingerprint density at radius 2 is 1.07 bits per heavy atom. The minimum absolute atomic E-state index is 0.119. The van der Waals surface area contributed by atoms with Crippen LogP contribution in [0.1, 0.15) is 117 Å². The summed E-state index contributed by atoms with van der Waals surface area (Å²) >= 11 is 0. The summed E-state index contributed by atoms with van der Waals surface area (Å²) in [6.45, 7) is 2.44. The summed E-state index contributed by atoms with van der Waals surface area (Å²) in [5, 5.41) is 8.87. The molecule has 0 spiro atoms. The molecule has 11 nitrogen and oxygen atoms in total. The molecule has 0 aromatic heterocycles. The molecule has 1 unspecified atom stereocenters. The van der Waals surface area contributed by atoms with Gasteiger partial charge in [-0.3, -0.25) is 23.4 Å². The molecule has 0 aromatic carbocycles. The van der Waals surface area contributed by atoms with Gasteiger partial charge in [-0.1, -0.05) is 130 Å². The third-order valence-corrected chi connectivity index (χ3v) is 8.37. The number of carbonyl (C=O) groups is 3. The van der Waals surface area contributed by atoms with Crippen LogP contribution in [0.25, 0.3) is 0 Å². The molecule has 0 amide bonds. The fourth-order valence-corrected chi connectivity index (χ4v) is 5.19. The van der Waals surface area contributed by atoms with E-state index in [1.165, 1.54) is 0 Å². The molecule has 0 aromatic rings. The van der Waals surface area contributed by atoms with Crippen LogP contribution in [0, 0.1) is 0 Å². The first-order chi connectivity index (χ1) is 26.1. The first kappa shape index (κ1) is 50.4. The zero-order valence-electron chi connectivity index (χ0n) is 32.5. The van der Waals surface area contributed by atoms with Crippen LogP contribution in [-0.2, 0) is 37.5 Å². The average Bonchev–Trinajstić information content (AvgIpc) is 3.14. The van der Waals surface area contributed by atoms with Crippen LogP contribution in [-0.4, -0.2) is 59.9 Å². The molecule has 3 atom stereocenters. The number of carboxylic acids is 1. The van der Waals surface area contributed by atoms with Gasteiger partial charge in [0.15, 0.2) is 6.10 Å². The number of hydrogen-bond acceptors (Lipinski definition) is 9. The molecule has 0 heterocycles. The zero-order valence-corrected chi connectivity index (χ0v) is 33.4. The second-order valence-corrected chi connectivity index (χ2v) is 13.8. The third kappa shape index (κ3) is 35.4. The van der Waals surface area contributed by atoms with E-state index in [-0.39, 0.29) is 19.4 Å². The first-order valence-electron chi connectivity index (χ1n) is 19.3. The van der Waals surface area contributed by atoms with Crippen LogP contribution in [0.2, 0.25) is 0 Å². The fourth-order valence-electron chi connectivity index (χ4n) is 4.42. The maximum absolute atomic E-state index is 12.6. The van der Waals surface area contributed by atoms with Gasteiger partial charge in [-0.15, -0.1) is 0 Å². The molecule has 0 rings (SSSR count). The standard InChI is InChI=1S/C42H66NO10P/c1-3-5-7-9-11-13-15-17-19-21-23-25-27-29-31-33-40(44)50-35-38(36-51-54(48,49)52-37-39(43)42(46)47)53-41(45)34-32-30-28-26-24-22-20-18-16-14-12-10-8-6-4-2/h5-8,10-14,16-20,23,25,38-39H,3-4,9,15,21-22,24,26-37,43H2,1-2H3,(H,46,47)(H,48,49)/b7-5+,8-6+,12-10+,13-11+,16-14+,19-17+,20-18+,25-23+/t38-,39+/m1/s1. The molecule has 0 saturated heterocycles. The number of carboxylic acid groups (broad SMARTS) is 1. The zero-order chi connectivity index (χ0) is 40.0. The van der Waals surface area contributed by atoms with E-state index in [0.717, 1.165) is 77.0 Å². The van der Waals surface area contributed by atoms with E-state index in [9.17, 15) is 23.8 Å². The van der Waals surface area contributed by atoms with Crippen molar-refractivity contribution in [2.45, 2.75) is 129 Å². The summed E-state index contributed by atoms with van der Waals surface area (Å²) in [6, 6.07) is -1.54. The van der Waals surface area contributed by atoms with E-state index in [0.29, 0.717) is 12.8 Å². The van der Waals surface area contributed by atoms with E-state index in [1.54, 1.807) is 0 Å². The number of esters is 2. The van der Waals surface area contributed by atoms with E-state index < -0.39 is 51.1 Å². The number of phosphoric ester groups is 1. The Morgan fingerprint density at radius 1 is 0.593 bits per heavy atom. The summed E-state index contributed by atoms with van der Waals surface area (Å²) in [6.07, 6.45) is 44.8. The number of allylic oxidation sites excluding steroid dienone is 16. The van der Waals surface area contributed by atoms with Crippen molar-refractivity contribution in [3.8, 4) is 0 Å². The lowest BCUT2D eigenvalue weighted by Crippen LogP contribution is -2.34. The van der Waals surface area contributed by atoms with Gasteiger partial charge in [0.25, 0.3) is 0 Å². The summed E-state index contributed by atoms with van der Waals surface area (Å²) in [4.78, 5) is 45.8. The molecule has 0 aliphatic heterocycles. The van der Waals surface area contributed by atoms with Gasteiger partial charge in [-0.2, -0.15) is 0 Å². The number of rotatable bonds is 34. The Kier molecular flexibility index (Phi) is 34.0. The molecule has 304 valence electrons. The van der Waals surface area contributed by atoms with Crippen molar-refractivity contribution in [1.82, 2.24) is 0 Å². The normalized spacial score (nSPS) is 14.9. The first-order valence-corrected chi connectivity index (χ1v) is 20.8. The van der Waals surface area contributed by atoms with Crippen molar-refractivity contribution in [3.63, 3.8) is 0 Å². The molecule has 0 fully saturated rings. The lowest BCUT2D eigenvalue weighted by molar-refractivity contribution is -0.161. The maximum atomic E-state index is 12.6. The number of carbonyl (C=O) groups excluding carboxylic acids is 2. The molecular formula is C42H66NO10P. The third-order valence-electron chi connectivity index (χ3n) is 7.42. The Labute approximate surface area is 324 Å². The smallest absolute Gasteiger partial charge is 0.472 e. The van der Waals surface area contributed by atoms with E-state index in [2.05, 4.69) is 79.1 Å². The topological polar surface area (TPSA) is 172 Å². The van der Waals surface area contributed by atoms with E-state index in [4.69, 9.17) is 24.8 Å². The summed E-state index contributed by atoms with van der Waals surface area (Å²) in [5.74, 6) is -2.48. The Balaban J connectivity index is 4.58. The number of unbranched alkanes of at least 4 members (excludes halogenated alkanes) is 7. The van der Waals surface area contributed by atoms with Crippen molar-refractivity contribution in [2.24, 2.45) is 5.73 Å². The van der Waals surface area contributed by atoms with Gasteiger partial charge >= 0.3 is 25.7 Å². The minimum Gasteiger partial charge on any atom is -0.480 e. The summed E-state index contributed by atoms with van der Waals surface area (Å²) in [7, 11) is -4.74. The van der Waals surface area contributed by atoms with Gasteiger partial charge in [0.1, 0.15) is 12.6 Å². The van der Waals surface area contributed by atoms with E-state index >= 15 is 0 Å². The molecule has 54 heavy (non-hydrogen) atoms. The Morgan fingerprint density at radius 3 is 1.72 bits per heavy atom. The number of hydrogen-bond donors (Lipinski definition) is 3. The van der Waals surface area contributed by atoms with Crippen molar-refractivity contribution >= 4 is 25.7 Å². The van der Waals surface area contributed by atoms with Crippen LogP contribution >= 0.6 is 7.82 Å². The maximum Gasteiger partial charge on any atom is 0.472 e. The van der Waals surface area contributed by atoms with Crippen molar-refractivity contribution in [2.75, 3.05) is 19.8 Å². The Bertz CT molecular complexity index is 1280. The van der Waals surface area contributed by atoms with Crippen LogP contribution in [0.5, 0.6) is 0 Å². The van der Waals surface area contributed by atoms with Crippen molar-refractivity contribution in [1.29, 1.82) is 0 Å². The largest absolute Gasteiger partial charge is 0.480 e. The lowest BCUT2D eigenvalue weighted by Gasteiger charge is -2.20. The van der Waals surface area contributed by atoms with Gasteiger partial charge in [0.2, 0.25) is 0 Å². The number of aliphatic carboxylic acids is 1.